The van der Waals surface area contributed by atoms with Crippen molar-refractivity contribution in [3.05, 3.63) is 0 Å². The Labute approximate surface area is 111 Å². The van der Waals surface area contributed by atoms with E-state index in [1.54, 1.807) is 0 Å². The smallest absolute Gasteiger partial charge is 0.239 e. The van der Waals surface area contributed by atoms with Crippen LogP contribution in [0, 0.1) is 5.92 Å². The van der Waals surface area contributed by atoms with Crippen molar-refractivity contribution in [2.45, 2.75) is 70.3 Å². The summed E-state index contributed by atoms with van der Waals surface area (Å²) in [7, 11) is 0. The van der Waals surface area contributed by atoms with Crippen LogP contribution in [0.4, 0.5) is 0 Å². The molecule has 0 aromatic carbocycles. The first-order chi connectivity index (χ1) is 8.77. The summed E-state index contributed by atoms with van der Waals surface area (Å²) in [5.74, 6) is 0.909. The average Bonchev–Trinajstić information content (AvgIpc) is 2.68. The Kier molecular flexibility index (Phi) is 5.48. The topological polar surface area (TPSA) is 46.3 Å². The van der Waals surface area contributed by atoms with Crippen molar-refractivity contribution < 1.29 is 4.79 Å². The molecule has 3 nitrogen and oxygen atoms in total. The molecule has 1 heterocycles. The molecule has 104 valence electrons. The Balaban J connectivity index is 1.79. The number of rotatable bonds is 3. The Morgan fingerprint density at radius 1 is 1.00 bits per heavy atom. The zero-order valence-electron chi connectivity index (χ0n) is 11.6. The fourth-order valence-corrected chi connectivity index (χ4v) is 3.41. The van der Waals surface area contributed by atoms with Gasteiger partial charge < -0.3 is 10.6 Å². The van der Waals surface area contributed by atoms with E-state index in [0.717, 1.165) is 32.4 Å². The van der Waals surface area contributed by atoms with E-state index in [9.17, 15) is 4.79 Å². The van der Waals surface area contributed by atoms with E-state index >= 15 is 0 Å². The van der Waals surface area contributed by atoms with E-state index in [1.165, 1.54) is 44.9 Å². The highest BCUT2D eigenvalue weighted by molar-refractivity contribution is 5.81. The maximum Gasteiger partial charge on any atom is 0.239 e. The lowest BCUT2D eigenvalue weighted by atomic mass is 9.85. The summed E-state index contributed by atoms with van der Waals surface area (Å²) in [5.41, 5.74) is 6.14. The standard InChI is InChI=1S/C15H28N2O/c16-14(12-13-8-4-3-5-9-13)15(18)17-10-6-1-2-7-11-17/h13-14H,1-12,16H2. The van der Waals surface area contributed by atoms with Gasteiger partial charge in [-0.1, -0.05) is 44.9 Å². The van der Waals surface area contributed by atoms with Crippen molar-refractivity contribution in [1.29, 1.82) is 0 Å². The fraction of sp³-hybridized carbons (Fsp3) is 0.933. The van der Waals surface area contributed by atoms with Crippen molar-refractivity contribution >= 4 is 5.91 Å². The molecule has 3 heteroatoms. The lowest BCUT2D eigenvalue weighted by Gasteiger charge is -2.28. The van der Waals surface area contributed by atoms with Crippen LogP contribution in [0.25, 0.3) is 0 Å². The number of carbonyl (C=O) groups is 1. The maximum atomic E-state index is 12.3. The number of nitrogens with two attached hydrogens (primary N) is 1. The predicted molar refractivity (Wildman–Crippen MR) is 74.2 cm³/mol. The van der Waals surface area contributed by atoms with E-state index in [2.05, 4.69) is 0 Å². The van der Waals surface area contributed by atoms with Crippen LogP contribution in [0.2, 0.25) is 0 Å². The van der Waals surface area contributed by atoms with Crippen LogP contribution in [-0.4, -0.2) is 29.9 Å². The highest BCUT2D eigenvalue weighted by atomic mass is 16.2. The summed E-state index contributed by atoms with van der Waals surface area (Å²) in [6, 6.07) is -0.244. The molecule has 0 aromatic rings. The van der Waals surface area contributed by atoms with Crippen molar-refractivity contribution in [3.8, 4) is 0 Å². The van der Waals surface area contributed by atoms with E-state index in [0.29, 0.717) is 5.92 Å². The Hall–Kier alpha value is -0.570. The number of nitrogens with zero attached hydrogens (tertiary/aromatic N) is 1. The third-order valence-electron chi connectivity index (χ3n) is 4.55. The highest BCUT2D eigenvalue weighted by Gasteiger charge is 2.25. The molecule has 2 aliphatic rings. The van der Waals surface area contributed by atoms with Crippen LogP contribution < -0.4 is 5.73 Å². The molecule has 0 aromatic heterocycles. The first kappa shape index (κ1) is 13.9. The maximum absolute atomic E-state index is 12.3. The molecule has 1 saturated heterocycles. The van der Waals surface area contributed by atoms with Gasteiger partial charge in [-0.3, -0.25) is 4.79 Å². The van der Waals surface area contributed by atoms with Gasteiger partial charge in [-0.05, 0) is 25.2 Å². The molecule has 2 fully saturated rings. The summed E-state index contributed by atoms with van der Waals surface area (Å²) < 4.78 is 0. The lowest BCUT2D eigenvalue weighted by molar-refractivity contribution is -0.133. The second-order valence-electron chi connectivity index (χ2n) is 6.09. The summed E-state index contributed by atoms with van der Waals surface area (Å²) in [4.78, 5) is 14.3. The van der Waals surface area contributed by atoms with Crippen LogP contribution in [0.1, 0.15) is 64.2 Å². The van der Waals surface area contributed by atoms with E-state index in [-0.39, 0.29) is 11.9 Å². The van der Waals surface area contributed by atoms with Gasteiger partial charge in [0.05, 0.1) is 6.04 Å². The third-order valence-corrected chi connectivity index (χ3v) is 4.55. The second kappa shape index (κ2) is 7.13. The molecule has 2 N–H and O–H groups in total. The molecule has 18 heavy (non-hydrogen) atoms. The van der Waals surface area contributed by atoms with Gasteiger partial charge in [0.1, 0.15) is 0 Å². The molecule has 1 unspecified atom stereocenters. The average molecular weight is 252 g/mol. The number of carbonyl (C=O) groups excluding carboxylic acids is 1. The second-order valence-corrected chi connectivity index (χ2v) is 6.09. The zero-order valence-corrected chi connectivity index (χ0v) is 11.6. The van der Waals surface area contributed by atoms with Crippen LogP contribution >= 0.6 is 0 Å². The molecule has 0 spiro atoms. The number of hydrogen-bond donors (Lipinski definition) is 1. The summed E-state index contributed by atoms with van der Waals surface area (Å²) in [6.45, 7) is 1.86. The van der Waals surface area contributed by atoms with Gasteiger partial charge in [0, 0.05) is 13.1 Å². The molecule has 0 radical (unpaired) electrons. The van der Waals surface area contributed by atoms with Crippen molar-refractivity contribution in [2.24, 2.45) is 11.7 Å². The first-order valence-electron chi connectivity index (χ1n) is 7.82. The van der Waals surface area contributed by atoms with Gasteiger partial charge in [0.2, 0.25) is 5.91 Å². The quantitative estimate of drug-likeness (QED) is 0.839. The minimum atomic E-state index is -0.244. The fourth-order valence-electron chi connectivity index (χ4n) is 3.41. The molecule has 1 aliphatic heterocycles. The molecule has 1 amide bonds. The molecule has 1 atom stereocenters. The van der Waals surface area contributed by atoms with E-state index < -0.39 is 0 Å². The van der Waals surface area contributed by atoms with Crippen LogP contribution in [0.5, 0.6) is 0 Å². The largest absolute Gasteiger partial charge is 0.341 e. The van der Waals surface area contributed by atoms with E-state index in [1.807, 2.05) is 4.90 Å². The highest BCUT2D eigenvalue weighted by Crippen LogP contribution is 2.27. The number of likely N-dealkylation sites (tertiary alicyclic amines) is 1. The van der Waals surface area contributed by atoms with Gasteiger partial charge in [-0.15, -0.1) is 0 Å². The number of hydrogen-bond acceptors (Lipinski definition) is 2. The van der Waals surface area contributed by atoms with Crippen LogP contribution in [0.15, 0.2) is 0 Å². The molecule has 2 rings (SSSR count). The predicted octanol–water partition coefficient (Wildman–Crippen LogP) is 2.69. The van der Waals surface area contributed by atoms with Gasteiger partial charge in [-0.25, -0.2) is 0 Å². The first-order valence-corrected chi connectivity index (χ1v) is 7.82. The molecule has 0 bridgehead atoms. The SMILES string of the molecule is NC(CC1CCCCC1)C(=O)N1CCCCCC1. The number of amides is 1. The van der Waals surface area contributed by atoms with Crippen molar-refractivity contribution in [3.63, 3.8) is 0 Å². The summed E-state index contributed by atoms with van der Waals surface area (Å²) in [5, 5.41) is 0. The molecule has 1 saturated carbocycles. The zero-order chi connectivity index (χ0) is 12.8. The van der Waals surface area contributed by atoms with Gasteiger partial charge in [-0.2, -0.15) is 0 Å². The Morgan fingerprint density at radius 3 is 2.17 bits per heavy atom. The summed E-state index contributed by atoms with van der Waals surface area (Å²) >= 11 is 0. The Morgan fingerprint density at radius 2 is 1.56 bits per heavy atom. The monoisotopic (exact) mass is 252 g/mol. The molecular weight excluding hydrogens is 224 g/mol. The Bertz CT molecular complexity index is 253. The third kappa shape index (κ3) is 3.98. The normalized spacial score (nSPS) is 24.6. The minimum absolute atomic E-state index is 0.211. The molecule has 1 aliphatic carbocycles. The van der Waals surface area contributed by atoms with Crippen molar-refractivity contribution in [2.75, 3.05) is 13.1 Å². The van der Waals surface area contributed by atoms with Gasteiger partial charge in [0.15, 0.2) is 0 Å². The van der Waals surface area contributed by atoms with Gasteiger partial charge in [0.25, 0.3) is 0 Å². The van der Waals surface area contributed by atoms with Crippen molar-refractivity contribution in [1.82, 2.24) is 4.90 Å². The molecular formula is C15H28N2O. The van der Waals surface area contributed by atoms with E-state index in [4.69, 9.17) is 5.73 Å². The lowest BCUT2D eigenvalue weighted by Crippen LogP contribution is -2.45. The summed E-state index contributed by atoms with van der Waals surface area (Å²) in [6.07, 6.45) is 12.3. The van der Waals surface area contributed by atoms with Crippen LogP contribution in [-0.2, 0) is 4.79 Å². The minimum Gasteiger partial charge on any atom is -0.341 e. The van der Waals surface area contributed by atoms with Gasteiger partial charge >= 0.3 is 0 Å². The van der Waals surface area contributed by atoms with Crippen LogP contribution in [0.3, 0.4) is 0 Å².